The van der Waals surface area contributed by atoms with Gasteiger partial charge in [0.05, 0.1) is 22.5 Å². The molecule has 4 rings (SSSR count). The molecular weight excluding hydrogens is 404 g/mol. The minimum absolute atomic E-state index is 0.0812. The van der Waals surface area contributed by atoms with Crippen LogP contribution < -0.4 is 4.90 Å². The first kappa shape index (κ1) is 20.9. The topological polar surface area (TPSA) is 45.8 Å². The van der Waals surface area contributed by atoms with Crippen molar-refractivity contribution in [2.24, 2.45) is 4.99 Å². The number of amides is 1. The highest BCUT2D eigenvalue weighted by Gasteiger charge is 2.34. The van der Waals surface area contributed by atoms with Gasteiger partial charge in [-0.05, 0) is 84.3 Å². The largest absolute Gasteiger partial charge is 0.465 e. The lowest BCUT2D eigenvalue weighted by atomic mass is 10.1. The van der Waals surface area contributed by atoms with Gasteiger partial charge in [-0.1, -0.05) is 44.2 Å². The third-order valence-corrected chi connectivity index (χ3v) is 6.02. The molecule has 0 atom stereocenters. The summed E-state index contributed by atoms with van der Waals surface area (Å²) >= 11 is 1.38. The fraction of sp³-hybridized carbons (Fsp3) is 0.154. The molecule has 1 aromatic heterocycles. The van der Waals surface area contributed by atoms with Gasteiger partial charge in [-0.25, -0.2) is 4.99 Å². The number of nitrogens with zero attached hydrogens (tertiary/aromatic N) is 2. The molecule has 0 aliphatic carbocycles. The molecule has 1 saturated heterocycles. The molecule has 0 unspecified atom stereocenters. The van der Waals surface area contributed by atoms with Crippen LogP contribution in [0, 0.1) is 0 Å². The Kier molecular flexibility index (Phi) is 6.53. The minimum Gasteiger partial charge on any atom is -0.465 e. The molecular formula is C26H24N2O2S. The van der Waals surface area contributed by atoms with E-state index >= 15 is 0 Å². The average molecular weight is 429 g/mol. The van der Waals surface area contributed by atoms with E-state index in [1.807, 2.05) is 54.6 Å². The molecule has 1 amide bonds. The molecule has 1 fully saturated rings. The number of furan rings is 1. The van der Waals surface area contributed by atoms with Crippen LogP contribution in [0.15, 0.2) is 93.4 Å². The van der Waals surface area contributed by atoms with Crippen LogP contribution in [-0.2, 0) is 17.6 Å². The number of hydrogen-bond acceptors (Lipinski definition) is 4. The summed E-state index contributed by atoms with van der Waals surface area (Å²) in [5.41, 5.74) is 4.13. The third-order valence-electron chi connectivity index (χ3n) is 5.03. The van der Waals surface area contributed by atoms with Crippen molar-refractivity contribution >= 4 is 40.3 Å². The fourth-order valence-electron chi connectivity index (χ4n) is 3.20. The maximum absolute atomic E-state index is 13.3. The summed E-state index contributed by atoms with van der Waals surface area (Å²) in [5, 5.41) is 0.649. The maximum Gasteiger partial charge on any atom is 0.271 e. The molecule has 0 saturated carbocycles. The molecule has 2 aromatic carbocycles. The van der Waals surface area contributed by atoms with Gasteiger partial charge in [0.25, 0.3) is 5.91 Å². The number of allylic oxidation sites excluding steroid dienone is 2. The van der Waals surface area contributed by atoms with E-state index in [4.69, 9.17) is 9.41 Å². The van der Waals surface area contributed by atoms with Crippen LogP contribution in [0.5, 0.6) is 0 Å². The minimum atomic E-state index is -0.0812. The highest BCUT2D eigenvalue weighted by Crippen LogP contribution is 2.36. The first-order valence-electron chi connectivity index (χ1n) is 10.4. The van der Waals surface area contributed by atoms with E-state index in [0.29, 0.717) is 10.1 Å². The van der Waals surface area contributed by atoms with Crippen LogP contribution in [-0.4, -0.2) is 11.1 Å². The molecule has 0 bridgehead atoms. The number of carbonyl (C=O) groups is 1. The van der Waals surface area contributed by atoms with Gasteiger partial charge >= 0.3 is 0 Å². The standard InChI is InChI=1S/C26H24N2O2S/c1-3-19-10-14-21(15-11-19)27-26-28(22-16-12-20(4-2)13-17-22)25(29)24(31-26)9-5-7-23-8-6-18-30-23/h5-18H,3-4H2,1-2H3/b7-5+,24-9+,27-26?. The molecule has 0 radical (unpaired) electrons. The van der Waals surface area contributed by atoms with Crippen molar-refractivity contribution in [3.63, 3.8) is 0 Å². The Morgan fingerprint density at radius 3 is 2.26 bits per heavy atom. The van der Waals surface area contributed by atoms with Gasteiger partial charge in [-0.3, -0.25) is 9.69 Å². The SMILES string of the molecule is CCc1ccc(N=C2S/C(=C/C=C/c3ccco3)C(=O)N2c2ccc(CC)cc2)cc1. The lowest BCUT2D eigenvalue weighted by Gasteiger charge is -2.16. The first-order valence-corrected chi connectivity index (χ1v) is 11.2. The summed E-state index contributed by atoms with van der Waals surface area (Å²) in [6.45, 7) is 4.24. The van der Waals surface area contributed by atoms with E-state index in [1.165, 1.54) is 22.9 Å². The molecule has 2 heterocycles. The van der Waals surface area contributed by atoms with E-state index in [2.05, 4.69) is 38.1 Å². The zero-order chi connectivity index (χ0) is 21.6. The lowest BCUT2D eigenvalue weighted by molar-refractivity contribution is -0.113. The summed E-state index contributed by atoms with van der Waals surface area (Å²) in [6, 6.07) is 19.9. The first-order chi connectivity index (χ1) is 15.2. The highest BCUT2D eigenvalue weighted by atomic mass is 32.2. The van der Waals surface area contributed by atoms with Crippen molar-refractivity contribution in [3.05, 3.63) is 101 Å². The number of aryl methyl sites for hydroxylation is 2. The predicted molar refractivity (Wildman–Crippen MR) is 130 cm³/mol. The van der Waals surface area contributed by atoms with Crippen molar-refractivity contribution in [2.45, 2.75) is 26.7 Å². The van der Waals surface area contributed by atoms with Crippen LogP contribution in [0.1, 0.15) is 30.7 Å². The monoisotopic (exact) mass is 428 g/mol. The van der Waals surface area contributed by atoms with E-state index in [0.717, 1.165) is 30.0 Å². The summed E-state index contributed by atoms with van der Waals surface area (Å²) < 4.78 is 5.31. The van der Waals surface area contributed by atoms with Gasteiger partial charge in [0, 0.05) is 0 Å². The number of amidine groups is 1. The smallest absolute Gasteiger partial charge is 0.271 e. The second-order valence-electron chi connectivity index (χ2n) is 7.08. The molecule has 5 heteroatoms. The number of aliphatic imine (C=N–C) groups is 1. The zero-order valence-corrected chi connectivity index (χ0v) is 18.4. The van der Waals surface area contributed by atoms with E-state index in [-0.39, 0.29) is 5.91 Å². The Balaban J connectivity index is 1.68. The number of thioether (sulfide) groups is 1. The van der Waals surface area contributed by atoms with Gasteiger partial charge in [0.15, 0.2) is 5.17 Å². The number of benzene rings is 2. The van der Waals surface area contributed by atoms with E-state index in [1.54, 1.807) is 11.2 Å². The van der Waals surface area contributed by atoms with Crippen LogP contribution in [0.2, 0.25) is 0 Å². The van der Waals surface area contributed by atoms with Crippen LogP contribution in [0.3, 0.4) is 0 Å². The maximum atomic E-state index is 13.3. The Bertz CT molecular complexity index is 1130. The fourth-order valence-corrected chi connectivity index (χ4v) is 4.16. The Labute approximate surface area is 187 Å². The second-order valence-corrected chi connectivity index (χ2v) is 8.09. The van der Waals surface area contributed by atoms with E-state index in [9.17, 15) is 4.79 Å². The quantitative estimate of drug-likeness (QED) is 0.407. The Hall–Kier alpha value is -3.31. The predicted octanol–water partition coefficient (Wildman–Crippen LogP) is 6.77. The normalized spacial score (nSPS) is 16.8. The van der Waals surface area contributed by atoms with Gasteiger partial charge in [0.2, 0.25) is 0 Å². The van der Waals surface area contributed by atoms with Crippen LogP contribution in [0.4, 0.5) is 11.4 Å². The number of carbonyl (C=O) groups excluding carboxylic acids is 1. The van der Waals surface area contributed by atoms with Gasteiger partial charge < -0.3 is 4.42 Å². The lowest BCUT2D eigenvalue weighted by Crippen LogP contribution is -2.28. The molecule has 156 valence electrons. The summed E-state index contributed by atoms with van der Waals surface area (Å²) in [5.74, 6) is 0.659. The third kappa shape index (κ3) is 4.89. The molecule has 4 nitrogen and oxygen atoms in total. The summed E-state index contributed by atoms with van der Waals surface area (Å²) in [6.07, 6.45) is 9.03. The summed E-state index contributed by atoms with van der Waals surface area (Å²) in [7, 11) is 0. The average Bonchev–Trinajstić information content (AvgIpc) is 3.43. The Morgan fingerprint density at radius 1 is 0.968 bits per heavy atom. The van der Waals surface area contributed by atoms with Gasteiger partial charge in [-0.15, -0.1) is 0 Å². The molecule has 3 aromatic rings. The van der Waals surface area contributed by atoms with Crippen molar-refractivity contribution in [1.29, 1.82) is 0 Å². The van der Waals surface area contributed by atoms with E-state index < -0.39 is 0 Å². The molecule has 1 aliphatic heterocycles. The van der Waals surface area contributed by atoms with Crippen LogP contribution in [0.25, 0.3) is 6.08 Å². The van der Waals surface area contributed by atoms with Crippen molar-refractivity contribution in [2.75, 3.05) is 4.90 Å². The summed E-state index contributed by atoms with van der Waals surface area (Å²) in [4.78, 5) is 20.3. The number of hydrogen-bond donors (Lipinski definition) is 0. The molecule has 0 spiro atoms. The van der Waals surface area contributed by atoms with Gasteiger partial charge in [0.1, 0.15) is 5.76 Å². The number of anilines is 1. The van der Waals surface area contributed by atoms with Crippen molar-refractivity contribution in [1.82, 2.24) is 0 Å². The molecule has 0 N–H and O–H groups in total. The van der Waals surface area contributed by atoms with Crippen molar-refractivity contribution in [3.8, 4) is 0 Å². The highest BCUT2D eigenvalue weighted by molar-refractivity contribution is 8.19. The second kappa shape index (κ2) is 9.67. The van der Waals surface area contributed by atoms with Gasteiger partial charge in [-0.2, -0.15) is 0 Å². The molecule has 31 heavy (non-hydrogen) atoms. The Morgan fingerprint density at radius 2 is 1.65 bits per heavy atom. The van der Waals surface area contributed by atoms with Crippen molar-refractivity contribution < 1.29 is 9.21 Å². The molecule has 1 aliphatic rings. The zero-order valence-electron chi connectivity index (χ0n) is 17.6. The van der Waals surface area contributed by atoms with Crippen LogP contribution >= 0.6 is 11.8 Å². The number of rotatable bonds is 6.